The maximum atomic E-state index is 13.5. The Balaban J connectivity index is 1.44. The maximum Gasteiger partial charge on any atom is 0.325 e. The number of carbonyl (C=O) groups is 3. The van der Waals surface area contributed by atoms with E-state index in [-0.39, 0.29) is 24.1 Å². The van der Waals surface area contributed by atoms with Crippen LogP contribution >= 0.6 is 0 Å². The zero-order valence-corrected chi connectivity index (χ0v) is 15.3. The van der Waals surface area contributed by atoms with Crippen molar-refractivity contribution in [1.29, 1.82) is 0 Å². The second-order valence-electron chi connectivity index (χ2n) is 7.16. The van der Waals surface area contributed by atoms with Gasteiger partial charge in [0.05, 0.1) is 5.56 Å². The van der Waals surface area contributed by atoms with Crippen molar-refractivity contribution in [2.45, 2.75) is 44.6 Å². The Bertz CT molecular complexity index is 707. The van der Waals surface area contributed by atoms with Crippen LogP contribution in [0.5, 0.6) is 0 Å². The van der Waals surface area contributed by atoms with E-state index in [0.717, 1.165) is 32.1 Å². The molecule has 1 aliphatic carbocycles. The van der Waals surface area contributed by atoms with Crippen molar-refractivity contribution in [3.8, 4) is 0 Å². The van der Waals surface area contributed by atoms with Gasteiger partial charge < -0.3 is 15.0 Å². The van der Waals surface area contributed by atoms with Gasteiger partial charge in [0.25, 0.3) is 11.8 Å². The molecule has 0 radical (unpaired) electrons. The first-order valence-electron chi connectivity index (χ1n) is 9.54. The van der Waals surface area contributed by atoms with Gasteiger partial charge in [0.15, 0.2) is 6.61 Å². The second kappa shape index (κ2) is 8.97. The van der Waals surface area contributed by atoms with Gasteiger partial charge in [-0.25, -0.2) is 4.39 Å². The number of piperidine rings is 1. The molecule has 1 saturated carbocycles. The van der Waals surface area contributed by atoms with Gasteiger partial charge in [-0.2, -0.15) is 0 Å². The van der Waals surface area contributed by atoms with Gasteiger partial charge in [0, 0.05) is 12.6 Å². The van der Waals surface area contributed by atoms with Gasteiger partial charge in [-0.3, -0.25) is 14.4 Å². The molecule has 0 aromatic heterocycles. The van der Waals surface area contributed by atoms with E-state index in [9.17, 15) is 18.8 Å². The van der Waals surface area contributed by atoms with Gasteiger partial charge in [-0.15, -0.1) is 0 Å². The number of carbonyl (C=O) groups excluding carboxylic acids is 3. The Morgan fingerprint density at radius 2 is 1.85 bits per heavy atom. The molecule has 7 heteroatoms. The van der Waals surface area contributed by atoms with Crippen molar-refractivity contribution >= 4 is 17.8 Å². The summed E-state index contributed by atoms with van der Waals surface area (Å²) >= 11 is 0. The van der Waals surface area contributed by atoms with E-state index >= 15 is 0 Å². The number of likely N-dealkylation sites (tertiary alicyclic amines) is 1. The molecule has 0 bridgehead atoms. The van der Waals surface area contributed by atoms with Gasteiger partial charge >= 0.3 is 5.97 Å². The van der Waals surface area contributed by atoms with E-state index in [2.05, 4.69) is 5.32 Å². The van der Waals surface area contributed by atoms with E-state index in [1.165, 1.54) is 30.7 Å². The molecule has 2 amide bonds. The fraction of sp³-hybridized carbons (Fsp3) is 0.550. The maximum absolute atomic E-state index is 13.5. The molecule has 3 rings (SSSR count). The molecule has 0 spiro atoms. The average Bonchev–Trinajstić information content (AvgIpc) is 2.70. The van der Waals surface area contributed by atoms with Crippen LogP contribution < -0.4 is 5.32 Å². The molecule has 2 atom stereocenters. The Labute approximate surface area is 158 Å². The zero-order valence-electron chi connectivity index (χ0n) is 15.3. The SMILES string of the molecule is O=C(CNC(=O)c1ccccc1F)OCC(=O)N1CCC[C@H]2CCCC[C@H]21. The molecule has 6 nitrogen and oxygen atoms in total. The first-order chi connectivity index (χ1) is 13.1. The highest BCUT2D eigenvalue weighted by Gasteiger charge is 2.35. The lowest BCUT2D eigenvalue weighted by molar-refractivity contribution is -0.154. The monoisotopic (exact) mass is 376 g/mol. The summed E-state index contributed by atoms with van der Waals surface area (Å²) in [5, 5.41) is 2.31. The highest BCUT2D eigenvalue weighted by Crippen LogP contribution is 2.35. The predicted octanol–water partition coefficient (Wildman–Crippen LogP) is 2.28. The lowest BCUT2D eigenvalue weighted by Crippen LogP contribution is -2.51. The van der Waals surface area contributed by atoms with Crippen molar-refractivity contribution < 1.29 is 23.5 Å². The zero-order chi connectivity index (χ0) is 19.2. The van der Waals surface area contributed by atoms with E-state index in [1.807, 2.05) is 4.90 Å². The fourth-order valence-electron chi connectivity index (χ4n) is 4.10. The van der Waals surface area contributed by atoms with Crippen LogP contribution in [0, 0.1) is 11.7 Å². The summed E-state index contributed by atoms with van der Waals surface area (Å²) in [6.45, 7) is -0.0221. The average molecular weight is 376 g/mol. The Hall–Kier alpha value is -2.44. The molecule has 2 fully saturated rings. The van der Waals surface area contributed by atoms with Gasteiger partial charge in [-0.1, -0.05) is 25.0 Å². The molecule has 1 heterocycles. The smallest absolute Gasteiger partial charge is 0.325 e. The molecule has 1 aromatic carbocycles. The fourth-order valence-corrected chi connectivity index (χ4v) is 4.10. The van der Waals surface area contributed by atoms with Crippen molar-refractivity contribution in [3.63, 3.8) is 0 Å². The molecular formula is C20H25FN2O4. The molecule has 1 aromatic rings. The number of amides is 2. The second-order valence-corrected chi connectivity index (χ2v) is 7.16. The van der Waals surface area contributed by atoms with Crippen LogP contribution in [-0.2, 0) is 14.3 Å². The Morgan fingerprint density at radius 3 is 2.67 bits per heavy atom. The Kier molecular flexibility index (Phi) is 6.42. The standard InChI is InChI=1S/C20H25FN2O4/c21-16-9-3-2-8-15(16)20(26)22-12-19(25)27-13-18(24)23-11-5-7-14-6-1-4-10-17(14)23/h2-3,8-9,14,17H,1,4-7,10-13H2,(H,22,26)/t14-,17-/m1/s1. The van der Waals surface area contributed by atoms with Crippen molar-refractivity contribution in [2.24, 2.45) is 5.92 Å². The first kappa shape index (κ1) is 19.3. The third-order valence-corrected chi connectivity index (χ3v) is 5.43. The van der Waals surface area contributed by atoms with Crippen LogP contribution in [-0.4, -0.2) is 48.4 Å². The quantitative estimate of drug-likeness (QED) is 0.800. The minimum atomic E-state index is -0.717. The van der Waals surface area contributed by atoms with Gasteiger partial charge in [0.1, 0.15) is 12.4 Å². The molecular weight excluding hydrogens is 351 g/mol. The minimum absolute atomic E-state index is 0.141. The molecule has 1 N–H and O–H groups in total. The summed E-state index contributed by atoms with van der Waals surface area (Å²) in [5.74, 6) is -1.69. The third-order valence-electron chi connectivity index (χ3n) is 5.43. The molecule has 27 heavy (non-hydrogen) atoms. The number of benzene rings is 1. The summed E-state index contributed by atoms with van der Waals surface area (Å²) < 4.78 is 18.5. The van der Waals surface area contributed by atoms with E-state index in [4.69, 9.17) is 4.74 Å². The lowest BCUT2D eigenvalue weighted by Gasteiger charge is -2.44. The van der Waals surface area contributed by atoms with Crippen molar-refractivity contribution in [3.05, 3.63) is 35.6 Å². The number of nitrogens with one attached hydrogen (secondary N) is 1. The summed E-state index contributed by atoms with van der Waals surface area (Å²) in [5.41, 5.74) is -0.141. The Morgan fingerprint density at radius 1 is 1.11 bits per heavy atom. The highest BCUT2D eigenvalue weighted by atomic mass is 19.1. The molecule has 2 aliphatic rings. The molecule has 1 aliphatic heterocycles. The van der Waals surface area contributed by atoms with E-state index < -0.39 is 24.2 Å². The van der Waals surface area contributed by atoms with E-state index in [1.54, 1.807) is 0 Å². The summed E-state index contributed by atoms with van der Waals surface area (Å²) in [6, 6.07) is 5.77. The summed E-state index contributed by atoms with van der Waals surface area (Å²) in [4.78, 5) is 38.0. The molecule has 146 valence electrons. The van der Waals surface area contributed by atoms with Crippen LogP contribution in [0.15, 0.2) is 24.3 Å². The number of rotatable bonds is 5. The van der Waals surface area contributed by atoms with Gasteiger partial charge in [-0.05, 0) is 43.7 Å². The molecule has 1 saturated heterocycles. The van der Waals surface area contributed by atoms with Crippen LogP contribution in [0.1, 0.15) is 48.9 Å². The third kappa shape index (κ3) is 4.84. The van der Waals surface area contributed by atoms with Crippen molar-refractivity contribution in [1.82, 2.24) is 10.2 Å². The van der Waals surface area contributed by atoms with Crippen LogP contribution in [0.25, 0.3) is 0 Å². The first-order valence-corrected chi connectivity index (χ1v) is 9.54. The normalized spacial score (nSPS) is 21.9. The summed E-state index contributed by atoms with van der Waals surface area (Å²) in [6.07, 6.45) is 6.68. The van der Waals surface area contributed by atoms with E-state index in [0.29, 0.717) is 12.5 Å². The molecule has 0 unspecified atom stereocenters. The number of hydrogen-bond donors (Lipinski definition) is 1. The number of halogens is 1. The topological polar surface area (TPSA) is 75.7 Å². The lowest BCUT2D eigenvalue weighted by atomic mass is 9.78. The van der Waals surface area contributed by atoms with Crippen LogP contribution in [0.3, 0.4) is 0 Å². The van der Waals surface area contributed by atoms with Gasteiger partial charge in [0.2, 0.25) is 0 Å². The number of ether oxygens (including phenoxy) is 1. The number of hydrogen-bond acceptors (Lipinski definition) is 4. The largest absolute Gasteiger partial charge is 0.454 e. The predicted molar refractivity (Wildman–Crippen MR) is 96.4 cm³/mol. The highest BCUT2D eigenvalue weighted by molar-refractivity contribution is 5.96. The number of nitrogens with zero attached hydrogens (tertiary/aromatic N) is 1. The summed E-state index contributed by atoms with van der Waals surface area (Å²) in [7, 11) is 0. The van der Waals surface area contributed by atoms with Crippen LogP contribution in [0.2, 0.25) is 0 Å². The number of esters is 1. The van der Waals surface area contributed by atoms with Crippen LogP contribution in [0.4, 0.5) is 4.39 Å². The number of fused-ring (bicyclic) bond motifs is 1. The van der Waals surface area contributed by atoms with Crippen molar-refractivity contribution in [2.75, 3.05) is 19.7 Å². The minimum Gasteiger partial charge on any atom is -0.454 e.